The number of benzene rings is 1. The average molecular weight is 335 g/mol. The Balaban J connectivity index is 1.56. The molecule has 1 aromatic heterocycles. The number of anilines is 1. The molecular weight excluding hydrogens is 319 g/mol. The zero-order chi connectivity index (χ0) is 15.9. The summed E-state index contributed by atoms with van der Waals surface area (Å²) in [6.07, 6.45) is 4.31. The first-order valence-electron chi connectivity index (χ1n) is 7.54. The molecule has 1 N–H and O–H groups in total. The Morgan fingerprint density at radius 3 is 2.91 bits per heavy atom. The fourth-order valence-corrected chi connectivity index (χ4v) is 3.48. The predicted octanol–water partition coefficient (Wildman–Crippen LogP) is 2.86. The second-order valence-electron chi connectivity index (χ2n) is 6.17. The molecule has 3 heterocycles. The summed E-state index contributed by atoms with van der Waals surface area (Å²) < 4.78 is 19.0. The lowest BCUT2D eigenvalue weighted by Gasteiger charge is -2.48. The molecule has 23 heavy (non-hydrogen) atoms. The molecule has 0 amide bonds. The van der Waals surface area contributed by atoms with Crippen molar-refractivity contribution < 1.29 is 9.13 Å². The normalized spacial score (nSPS) is 19.0. The highest BCUT2D eigenvalue weighted by Gasteiger charge is 2.46. The van der Waals surface area contributed by atoms with Crippen molar-refractivity contribution in [2.75, 3.05) is 31.1 Å². The second kappa shape index (κ2) is 5.62. The van der Waals surface area contributed by atoms with E-state index in [1.807, 2.05) is 0 Å². The summed E-state index contributed by atoms with van der Waals surface area (Å²) >= 11 is 6.03. The van der Waals surface area contributed by atoms with Gasteiger partial charge < -0.3 is 15.0 Å². The molecule has 1 spiro atoms. The number of aromatic nitrogens is 2. The van der Waals surface area contributed by atoms with E-state index in [0.717, 1.165) is 32.0 Å². The number of rotatable bonds is 3. The minimum absolute atomic E-state index is 0.222. The van der Waals surface area contributed by atoms with Crippen LogP contribution in [0.4, 0.5) is 10.2 Å². The lowest BCUT2D eigenvalue weighted by atomic mass is 9.79. The molecule has 0 aliphatic carbocycles. The summed E-state index contributed by atoms with van der Waals surface area (Å²) in [5.74, 6) is 1.27. The van der Waals surface area contributed by atoms with Gasteiger partial charge in [-0.05, 0) is 31.2 Å². The van der Waals surface area contributed by atoms with Gasteiger partial charge in [-0.2, -0.15) is 0 Å². The molecule has 1 aromatic carbocycles. The van der Waals surface area contributed by atoms with Gasteiger partial charge in [-0.15, -0.1) is 0 Å². The van der Waals surface area contributed by atoms with E-state index < -0.39 is 5.82 Å². The lowest BCUT2D eigenvalue weighted by Crippen LogP contribution is -2.57. The SMILES string of the molecule is Fc1ccc(Oc2cncnc2N2CC3(CCNC3)C2)c(Cl)c1. The summed E-state index contributed by atoms with van der Waals surface area (Å²) in [5, 5.41) is 3.63. The van der Waals surface area contributed by atoms with Crippen molar-refractivity contribution in [2.45, 2.75) is 6.42 Å². The highest BCUT2D eigenvalue weighted by Crippen LogP contribution is 2.42. The third-order valence-corrected chi connectivity index (χ3v) is 4.75. The van der Waals surface area contributed by atoms with E-state index in [2.05, 4.69) is 20.2 Å². The number of halogens is 2. The van der Waals surface area contributed by atoms with Crippen LogP contribution in [0.2, 0.25) is 5.02 Å². The Morgan fingerprint density at radius 1 is 1.30 bits per heavy atom. The molecule has 2 aliphatic rings. The van der Waals surface area contributed by atoms with E-state index in [0.29, 0.717) is 16.9 Å². The maximum absolute atomic E-state index is 13.1. The molecule has 2 aliphatic heterocycles. The third kappa shape index (κ3) is 2.72. The molecule has 0 atom stereocenters. The van der Waals surface area contributed by atoms with Gasteiger partial charge in [-0.25, -0.2) is 14.4 Å². The van der Waals surface area contributed by atoms with Gasteiger partial charge in [0, 0.05) is 25.0 Å². The molecular formula is C16H16ClFN4O. The molecule has 0 radical (unpaired) electrons. The predicted molar refractivity (Wildman–Crippen MR) is 85.6 cm³/mol. The quantitative estimate of drug-likeness (QED) is 0.935. The molecule has 2 aromatic rings. The van der Waals surface area contributed by atoms with Crippen LogP contribution in [0.5, 0.6) is 11.5 Å². The Kier molecular flexibility index (Phi) is 3.58. The fraction of sp³-hybridized carbons (Fsp3) is 0.375. The zero-order valence-corrected chi connectivity index (χ0v) is 13.2. The highest BCUT2D eigenvalue weighted by molar-refractivity contribution is 6.32. The van der Waals surface area contributed by atoms with Crippen LogP contribution >= 0.6 is 11.6 Å². The number of hydrogen-bond acceptors (Lipinski definition) is 5. The molecule has 2 fully saturated rings. The molecule has 7 heteroatoms. The molecule has 4 rings (SSSR count). The minimum Gasteiger partial charge on any atom is -0.450 e. The van der Waals surface area contributed by atoms with Crippen LogP contribution in [0, 0.1) is 11.2 Å². The Morgan fingerprint density at radius 2 is 2.17 bits per heavy atom. The largest absolute Gasteiger partial charge is 0.450 e. The van der Waals surface area contributed by atoms with Crippen LogP contribution in [-0.2, 0) is 0 Å². The summed E-state index contributed by atoms with van der Waals surface area (Å²) in [6, 6.07) is 4.05. The van der Waals surface area contributed by atoms with Crippen molar-refractivity contribution in [2.24, 2.45) is 5.41 Å². The van der Waals surface area contributed by atoms with Gasteiger partial charge in [0.05, 0.1) is 11.2 Å². The number of hydrogen-bond donors (Lipinski definition) is 1. The van der Waals surface area contributed by atoms with Gasteiger partial charge in [-0.3, -0.25) is 0 Å². The lowest BCUT2D eigenvalue weighted by molar-refractivity contribution is 0.240. The van der Waals surface area contributed by atoms with Gasteiger partial charge in [-0.1, -0.05) is 11.6 Å². The first-order valence-corrected chi connectivity index (χ1v) is 7.92. The molecule has 0 saturated carbocycles. The average Bonchev–Trinajstić information content (AvgIpc) is 2.99. The van der Waals surface area contributed by atoms with E-state index in [1.165, 1.54) is 30.9 Å². The second-order valence-corrected chi connectivity index (χ2v) is 6.58. The molecule has 0 bridgehead atoms. The van der Waals surface area contributed by atoms with Crippen LogP contribution < -0.4 is 15.0 Å². The van der Waals surface area contributed by atoms with Gasteiger partial charge in [0.2, 0.25) is 0 Å². The van der Waals surface area contributed by atoms with Gasteiger partial charge in [0.25, 0.3) is 0 Å². The maximum Gasteiger partial charge on any atom is 0.188 e. The third-order valence-electron chi connectivity index (χ3n) is 4.46. The van der Waals surface area contributed by atoms with Crippen molar-refractivity contribution in [3.8, 4) is 11.5 Å². The topological polar surface area (TPSA) is 50.3 Å². The van der Waals surface area contributed by atoms with E-state index in [4.69, 9.17) is 16.3 Å². The first-order chi connectivity index (χ1) is 11.2. The Hall–Kier alpha value is -1.92. The fourth-order valence-electron chi connectivity index (χ4n) is 3.27. The molecule has 0 unspecified atom stereocenters. The Labute approximate surface area is 138 Å². The standard InChI is InChI=1S/C16H16ClFN4O/c17-12-5-11(18)1-2-13(12)23-14-6-20-10-21-15(14)22-8-16(9-22)3-4-19-7-16/h1-2,5-6,10,19H,3-4,7-9H2. The smallest absolute Gasteiger partial charge is 0.188 e. The molecule has 2 saturated heterocycles. The first kappa shape index (κ1) is 14.7. The zero-order valence-electron chi connectivity index (χ0n) is 12.4. The Bertz CT molecular complexity index is 728. The van der Waals surface area contributed by atoms with Crippen LogP contribution in [0.3, 0.4) is 0 Å². The summed E-state index contributed by atoms with van der Waals surface area (Å²) in [7, 11) is 0. The van der Waals surface area contributed by atoms with Gasteiger partial charge in [0.15, 0.2) is 11.6 Å². The van der Waals surface area contributed by atoms with Crippen molar-refractivity contribution in [3.63, 3.8) is 0 Å². The van der Waals surface area contributed by atoms with Crippen LogP contribution in [0.15, 0.2) is 30.7 Å². The molecule has 5 nitrogen and oxygen atoms in total. The van der Waals surface area contributed by atoms with E-state index in [9.17, 15) is 4.39 Å². The highest BCUT2D eigenvalue weighted by atomic mass is 35.5. The van der Waals surface area contributed by atoms with E-state index in [1.54, 1.807) is 6.20 Å². The van der Waals surface area contributed by atoms with Crippen LogP contribution in [-0.4, -0.2) is 36.1 Å². The van der Waals surface area contributed by atoms with E-state index in [-0.39, 0.29) is 5.02 Å². The minimum atomic E-state index is -0.398. The number of nitrogens with one attached hydrogen (secondary N) is 1. The number of nitrogens with zero attached hydrogens (tertiary/aromatic N) is 3. The van der Waals surface area contributed by atoms with Gasteiger partial charge >= 0.3 is 0 Å². The van der Waals surface area contributed by atoms with Gasteiger partial charge in [0.1, 0.15) is 17.9 Å². The van der Waals surface area contributed by atoms with Crippen molar-refractivity contribution >= 4 is 17.4 Å². The number of ether oxygens (including phenoxy) is 1. The van der Waals surface area contributed by atoms with Crippen molar-refractivity contribution in [3.05, 3.63) is 41.6 Å². The monoisotopic (exact) mass is 334 g/mol. The van der Waals surface area contributed by atoms with Crippen molar-refractivity contribution in [1.29, 1.82) is 0 Å². The van der Waals surface area contributed by atoms with Crippen LogP contribution in [0.25, 0.3) is 0 Å². The van der Waals surface area contributed by atoms with E-state index >= 15 is 0 Å². The van der Waals surface area contributed by atoms with Crippen LogP contribution in [0.1, 0.15) is 6.42 Å². The maximum atomic E-state index is 13.1. The summed E-state index contributed by atoms with van der Waals surface area (Å²) in [6.45, 7) is 4.02. The van der Waals surface area contributed by atoms with Crippen molar-refractivity contribution in [1.82, 2.24) is 15.3 Å². The summed E-state index contributed by atoms with van der Waals surface area (Å²) in [5.41, 5.74) is 0.357. The summed E-state index contributed by atoms with van der Waals surface area (Å²) in [4.78, 5) is 10.6. The molecule has 120 valence electrons.